The van der Waals surface area contributed by atoms with Crippen LogP contribution in [-0.2, 0) is 9.84 Å². The van der Waals surface area contributed by atoms with Gasteiger partial charge in [0.15, 0.2) is 0 Å². The van der Waals surface area contributed by atoms with Crippen LogP contribution in [0.4, 0.5) is 0 Å². The maximum atomic E-state index is 11.5. The minimum Gasteiger partial charge on any atom is -0.304 e. The third kappa shape index (κ3) is 4.18. The number of hydrogen-bond donors (Lipinski definition) is 0. The Labute approximate surface area is 124 Å². The first kappa shape index (κ1) is 16.2. The maximum Gasteiger partial charge on any atom is 0.148 e. The highest BCUT2D eigenvalue weighted by Gasteiger charge is 2.39. The molecule has 5 heteroatoms. The predicted octanol–water partition coefficient (Wildman–Crippen LogP) is 1.62. The summed E-state index contributed by atoms with van der Waals surface area (Å²) in [5.41, 5.74) is 0.454. The molecule has 4 nitrogen and oxygen atoms in total. The molecule has 0 aromatic heterocycles. The van der Waals surface area contributed by atoms with Gasteiger partial charge in [-0.05, 0) is 64.2 Å². The summed E-state index contributed by atoms with van der Waals surface area (Å²) in [5, 5.41) is 0. The molecule has 0 unspecified atom stereocenters. The summed E-state index contributed by atoms with van der Waals surface area (Å²) < 4.78 is 23.0. The summed E-state index contributed by atoms with van der Waals surface area (Å²) in [5.74, 6) is 0.296. The fourth-order valence-electron chi connectivity index (χ4n) is 3.92. The quantitative estimate of drug-likeness (QED) is 0.791. The highest BCUT2D eigenvalue weighted by molar-refractivity contribution is 7.90. The minimum atomic E-state index is -2.88. The van der Waals surface area contributed by atoms with Crippen LogP contribution in [0.3, 0.4) is 0 Å². The van der Waals surface area contributed by atoms with Crippen LogP contribution in [0.2, 0.25) is 0 Å². The number of likely N-dealkylation sites (tertiary alicyclic amines) is 2. The Morgan fingerprint density at radius 3 is 2.35 bits per heavy atom. The largest absolute Gasteiger partial charge is 0.304 e. The van der Waals surface area contributed by atoms with Crippen molar-refractivity contribution in [3.63, 3.8) is 0 Å². The van der Waals surface area contributed by atoms with Crippen LogP contribution >= 0.6 is 0 Å². The fourth-order valence-corrected chi connectivity index (χ4v) is 5.00. The molecule has 20 heavy (non-hydrogen) atoms. The summed E-state index contributed by atoms with van der Waals surface area (Å²) in [7, 11) is -2.88. The summed E-state index contributed by atoms with van der Waals surface area (Å²) in [6, 6.07) is 0.159. The first-order chi connectivity index (χ1) is 9.34. The summed E-state index contributed by atoms with van der Waals surface area (Å²) in [6.45, 7) is 10.1. The average molecular weight is 302 g/mol. The Hall–Kier alpha value is -0.130. The van der Waals surface area contributed by atoms with Gasteiger partial charge in [0.05, 0.1) is 5.75 Å². The van der Waals surface area contributed by atoms with Crippen molar-refractivity contribution < 1.29 is 8.42 Å². The topological polar surface area (TPSA) is 40.6 Å². The Bertz CT molecular complexity index is 414. The molecular formula is C15H30N2O2S. The predicted molar refractivity (Wildman–Crippen MR) is 83.8 cm³/mol. The van der Waals surface area contributed by atoms with Crippen molar-refractivity contribution in [2.45, 2.75) is 45.6 Å². The fraction of sp³-hybridized carbons (Fsp3) is 1.00. The van der Waals surface area contributed by atoms with Gasteiger partial charge in [0, 0.05) is 18.8 Å². The highest BCUT2D eigenvalue weighted by Crippen LogP contribution is 2.40. The second kappa shape index (κ2) is 6.32. The number of nitrogens with zero attached hydrogens (tertiary/aromatic N) is 2. The van der Waals surface area contributed by atoms with Gasteiger partial charge in [-0.25, -0.2) is 8.42 Å². The zero-order chi connectivity index (χ0) is 14.8. The molecule has 0 amide bonds. The molecule has 2 fully saturated rings. The molecule has 0 bridgehead atoms. The molecule has 1 spiro atoms. The van der Waals surface area contributed by atoms with Crippen molar-refractivity contribution in [3.05, 3.63) is 0 Å². The highest BCUT2D eigenvalue weighted by atomic mass is 32.2. The molecule has 118 valence electrons. The monoisotopic (exact) mass is 302 g/mol. The molecule has 2 aliphatic heterocycles. The van der Waals surface area contributed by atoms with E-state index >= 15 is 0 Å². The smallest absolute Gasteiger partial charge is 0.148 e. The molecule has 0 saturated carbocycles. The Morgan fingerprint density at radius 2 is 1.80 bits per heavy atom. The van der Waals surface area contributed by atoms with Crippen molar-refractivity contribution in [2.75, 3.05) is 44.7 Å². The summed E-state index contributed by atoms with van der Waals surface area (Å²) >= 11 is 0. The zero-order valence-corrected chi connectivity index (χ0v) is 14.1. The molecule has 0 radical (unpaired) electrons. The van der Waals surface area contributed by atoms with Crippen LogP contribution in [0.1, 0.15) is 39.5 Å². The van der Waals surface area contributed by atoms with E-state index in [0.717, 1.165) is 19.6 Å². The number of piperidine rings is 2. The molecule has 2 rings (SSSR count). The average Bonchev–Trinajstić information content (AvgIpc) is 2.38. The number of hydrogen-bond acceptors (Lipinski definition) is 4. The normalized spacial score (nSPS) is 26.8. The molecule has 2 saturated heterocycles. The van der Waals surface area contributed by atoms with E-state index in [1.165, 1.54) is 45.0 Å². The SMILES string of the molecule is CCN1CCC2(CCCN([C@@H](C)CS(C)(=O)=O)C2)CC1. The molecule has 2 heterocycles. The van der Waals surface area contributed by atoms with E-state index in [2.05, 4.69) is 23.6 Å². The van der Waals surface area contributed by atoms with Crippen LogP contribution in [0.5, 0.6) is 0 Å². The summed E-state index contributed by atoms with van der Waals surface area (Å²) in [6.07, 6.45) is 6.46. The third-order valence-corrected chi connectivity index (χ3v) is 6.31. The lowest BCUT2D eigenvalue weighted by Crippen LogP contribution is -2.52. The van der Waals surface area contributed by atoms with Crippen LogP contribution < -0.4 is 0 Å². The Balaban J connectivity index is 1.95. The first-order valence-electron chi connectivity index (χ1n) is 7.98. The lowest BCUT2D eigenvalue weighted by Gasteiger charge is -2.49. The second-order valence-corrected chi connectivity index (χ2v) is 9.13. The van der Waals surface area contributed by atoms with Gasteiger partial charge >= 0.3 is 0 Å². The molecule has 0 aromatic carbocycles. The van der Waals surface area contributed by atoms with Crippen molar-refractivity contribution in [2.24, 2.45) is 5.41 Å². The van der Waals surface area contributed by atoms with Gasteiger partial charge in [-0.1, -0.05) is 6.92 Å². The van der Waals surface area contributed by atoms with Gasteiger partial charge in [0.1, 0.15) is 9.84 Å². The number of rotatable bonds is 4. The van der Waals surface area contributed by atoms with Gasteiger partial charge in [0.25, 0.3) is 0 Å². The van der Waals surface area contributed by atoms with Gasteiger partial charge in [-0.2, -0.15) is 0 Å². The summed E-state index contributed by atoms with van der Waals surface area (Å²) in [4.78, 5) is 4.95. The van der Waals surface area contributed by atoms with E-state index in [0.29, 0.717) is 11.2 Å². The van der Waals surface area contributed by atoms with Gasteiger partial charge in [-0.3, -0.25) is 4.90 Å². The van der Waals surface area contributed by atoms with E-state index in [1.807, 2.05) is 0 Å². The molecule has 2 aliphatic rings. The molecule has 1 atom stereocenters. The minimum absolute atomic E-state index is 0.159. The maximum absolute atomic E-state index is 11.5. The third-order valence-electron chi connectivity index (χ3n) is 5.22. The van der Waals surface area contributed by atoms with E-state index in [-0.39, 0.29) is 6.04 Å². The van der Waals surface area contributed by atoms with Crippen molar-refractivity contribution in [1.82, 2.24) is 9.80 Å². The second-order valence-electron chi connectivity index (χ2n) is 6.95. The lowest BCUT2D eigenvalue weighted by atomic mass is 9.72. The van der Waals surface area contributed by atoms with E-state index < -0.39 is 9.84 Å². The molecular weight excluding hydrogens is 272 g/mol. The van der Waals surface area contributed by atoms with Crippen LogP contribution in [0.25, 0.3) is 0 Å². The van der Waals surface area contributed by atoms with Gasteiger partial charge in [-0.15, -0.1) is 0 Å². The van der Waals surface area contributed by atoms with Crippen molar-refractivity contribution in [3.8, 4) is 0 Å². The number of sulfone groups is 1. The molecule has 0 aliphatic carbocycles. The lowest BCUT2D eigenvalue weighted by molar-refractivity contribution is 0.0136. The van der Waals surface area contributed by atoms with Crippen molar-refractivity contribution >= 4 is 9.84 Å². The van der Waals surface area contributed by atoms with Crippen LogP contribution in [0, 0.1) is 5.41 Å². The van der Waals surface area contributed by atoms with E-state index in [4.69, 9.17) is 0 Å². The van der Waals surface area contributed by atoms with Crippen LogP contribution in [0.15, 0.2) is 0 Å². The standard InChI is InChI=1S/C15H30N2O2S/c1-4-16-10-7-15(8-11-16)6-5-9-17(13-15)14(2)12-20(3,18)19/h14H,4-13H2,1-3H3/t14-/m0/s1. The Morgan fingerprint density at radius 1 is 1.15 bits per heavy atom. The van der Waals surface area contributed by atoms with Gasteiger partial charge in [0.2, 0.25) is 0 Å². The Kier molecular flexibility index (Phi) is 5.14. The first-order valence-corrected chi connectivity index (χ1v) is 10.0. The molecule has 0 N–H and O–H groups in total. The zero-order valence-electron chi connectivity index (χ0n) is 13.3. The van der Waals surface area contributed by atoms with Crippen LogP contribution in [-0.4, -0.2) is 69.0 Å². The van der Waals surface area contributed by atoms with E-state index in [1.54, 1.807) is 0 Å². The molecule has 0 aromatic rings. The van der Waals surface area contributed by atoms with Gasteiger partial charge < -0.3 is 4.90 Å². The van der Waals surface area contributed by atoms with E-state index in [9.17, 15) is 8.42 Å². The van der Waals surface area contributed by atoms with Crippen molar-refractivity contribution in [1.29, 1.82) is 0 Å².